The fraction of sp³-hybridized carbons (Fsp3) is 0.958. The Morgan fingerprint density at radius 3 is 1.71 bits per heavy atom. The van der Waals surface area contributed by atoms with E-state index in [0.29, 0.717) is 25.7 Å². The molecule has 0 aromatic carbocycles. The highest BCUT2D eigenvalue weighted by Crippen LogP contribution is 2.76. The summed E-state index contributed by atoms with van der Waals surface area (Å²) in [5.74, 6) is -0.151. The molecule has 4 saturated carbocycles. The number of hydrogen-bond acceptors (Lipinski definition) is 18. The second-order valence-corrected chi connectivity index (χ2v) is 22.9. The van der Waals surface area contributed by atoms with E-state index in [-0.39, 0.29) is 39.9 Å². The highest BCUT2D eigenvalue weighted by molar-refractivity contribution is 5.20. The molecule has 3 heterocycles. The molecule has 25 atom stereocenters. The van der Waals surface area contributed by atoms with Crippen molar-refractivity contribution in [3.05, 3.63) is 11.6 Å². The Morgan fingerprint density at radius 2 is 1.14 bits per heavy atom. The molecule has 0 aromatic heterocycles. The van der Waals surface area contributed by atoms with Gasteiger partial charge in [-0.2, -0.15) is 0 Å². The van der Waals surface area contributed by atoms with Crippen molar-refractivity contribution in [2.75, 3.05) is 19.8 Å². The van der Waals surface area contributed by atoms with Gasteiger partial charge in [-0.25, -0.2) is 0 Å². The predicted molar refractivity (Wildman–Crippen MR) is 234 cm³/mol. The number of allylic oxidation sites excluding steroid dienone is 2. The monoisotopic (exact) mass is 947 g/mol. The molecule has 7 aliphatic rings. The Balaban J connectivity index is 1.13. The number of rotatable bonds is 13. The van der Waals surface area contributed by atoms with E-state index in [0.717, 1.165) is 37.7 Å². The van der Waals surface area contributed by atoms with Gasteiger partial charge in [0.1, 0.15) is 73.2 Å². The van der Waals surface area contributed by atoms with E-state index < -0.39 is 135 Å². The van der Waals surface area contributed by atoms with Crippen LogP contribution in [0.15, 0.2) is 11.6 Å². The van der Waals surface area contributed by atoms with Gasteiger partial charge in [-0.05, 0) is 124 Å². The molecule has 0 radical (unpaired) electrons. The lowest BCUT2D eigenvalue weighted by molar-refractivity contribution is -0.378. The first kappa shape index (κ1) is 52.8. The molecule has 7 rings (SSSR count). The van der Waals surface area contributed by atoms with Crippen LogP contribution in [0.3, 0.4) is 0 Å². The lowest BCUT2D eigenvalue weighted by Gasteiger charge is -2.71. The Hall–Kier alpha value is -0.980. The van der Waals surface area contributed by atoms with Crippen LogP contribution >= 0.6 is 0 Å². The van der Waals surface area contributed by atoms with Crippen LogP contribution in [-0.2, 0) is 28.4 Å². The van der Waals surface area contributed by atoms with Crippen molar-refractivity contribution >= 4 is 0 Å². The zero-order valence-corrected chi connectivity index (χ0v) is 40.0. The molecule has 0 amide bonds. The summed E-state index contributed by atoms with van der Waals surface area (Å²) in [5.41, 5.74) is -1.12. The van der Waals surface area contributed by atoms with E-state index in [1.807, 2.05) is 20.8 Å². The molecule has 18 nitrogen and oxygen atoms in total. The minimum Gasteiger partial charge on any atom is -0.394 e. The molecule has 66 heavy (non-hydrogen) atoms. The van der Waals surface area contributed by atoms with Crippen LogP contribution in [0.1, 0.15) is 113 Å². The number of aliphatic hydroxyl groups excluding tert-OH is 12. The summed E-state index contributed by atoms with van der Waals surface area (Å²) in [4.78, 5) is 0. The van der Waals surface area contributed by atoms with Crippen LogP contribution in [0.4, 0.5) is 0 Å². The number of hydrogen-bond donors (Lipinski definition) is 12. The van der Waals surface area contributed by atoms with E-state index >= 15 is 0 Å². The zero-order chi connectivity index (χ0) is 48.6. The second-order valence-electron chi connectivity index (χ2n) is 22.9. The van der Waals surface area contributed by atoms with Crippen LogP contribution in [0.5, 0.6) is 0 Å². The minimum absolute atomic E-state index is 0.0905. The highest BCUT2D eigenvalue weighted by Gasteiger charge is 2.72. The minimum atomic E-state index is -1.79. The van der Waals surface area contributed by atoms with Crippen LogP contribution < -0.4 is 0 Å². The first-order valence-electron chi connectivity index (χ1n) is 24.4. The molecule has 4 aliphatic carbocycles. The highest BCUT2D eigenvalue weighted by atomic mass is 16.8. The molecule has 3 saturated heterocycles. The fourth-order valence-electron chi connectivity index (χ4n) is 14.9. The fourth-order valence-corrected chi connectivity index (χ4v) is 14.9. The summed E-state index contributed by atoms with van der Waals surface area (Å²) in [5, 5.41) is 129. The third-order valence-electron chi connectivity index (χ3n) is 18.8. The maximum Gasteiger partial charge on any atom is 0.187 e. The van der Waals surface area contributed by atoms with E-state index in [1.54, 1.807) is 0 Å². The van der Waals surface area contributed by atoms with Crippen LogP contribution in [0, 0.1) is 45.3 Å². The summed E-state index contributed by atoms with van der Waals surface area (Å²) >= 11 is 0. The number of fused-ring (bicyclic) bond motifs is 5. The number of ether oxygens (including phenoxy) is 6. The summed E-state index contributed by atoms with van der Waals surface area (Å²) in [6.45, 7) is 15.5. The van der Waals surface area contributed by atoms with E-state index in [9.17, 15) is 61.3 Å². The first-order valence-corrected chi connectivity index (χ1v) is 24.4. The topological polar surface area (TPSA) is 298 Å². The first-order chi connectivity index (χ1) is 30.8. The molecule has 3 aliphatic heterocycles. The normalized spacial score (nSPS) is 52.4. The van der Waals surface area contributed by atoms with Gasteiger partial charge in [0.15, 0.2) is 18.9 Å². The second kappa shape index (κ2) is 19.6. The van der Waals surface area contributed by atoms with E-state index in [1.165, 1.54) is 0 Å². The standard InChI is InChI=1S/C48H82O18/c1-22(2)10-9-14-48(8,66-42-39(60)36(57)33(54)26(20-50)62-42)23-11-16-47(7)31(23)24(52)18-29-45(5)15-13-30(44(3,4)28(45)12-17-46(29,47)6)64-43-40(37(58)34(55)27(21-51)63-43)65-41-38(59)35(56)32(53)25(19-49)61-41/h10,23-43,49-60H,9,11-21H2,1-8H3/t23-,24+,25-,26+,27-,28-,29+,30-,31-,32-,33+,34-,35+,36-,37+,38-,39+,40-,41+,42-,43+,45-,46+,47+,48-/m1/s1. The van der Waals surface area contributed by atoms with Gasteiger partial charge in [-0.3, -0.25) is 0 Å². The Kier molecular flexibility index (Phi) is 15.7. The lowest BCUT2D eigenvalue weighted by atomic mass is 9.35. The van der Waals surface area contributed by atoms with Gasteiger partial charge in [0.2, 0.25) is 0 Å². The van der Waals surface area contributed by atoms with Crippen molar-refractivity contribution in [1.82, 2.24) is 0 Å². The van der Waals surface area contributed by atoms with Gasteiger partial charge < -0.3 is 89.7 Å². The third kappa shape index (κ3) is 8.79. The quantitative estimate of drug-likeness (QED) is 0.0853. The van der Waals surface area contributed by atoms with Gasteiger partial charge in [-0.1, -0.05) is 46.3 Å². The largest absolute Gasteiger partial charge is 0.394 e. The Morgan fingerprint density at radius 1 is 0.606 bits per heavy atom. The summed E-state index contributed by atoms with van der Waals surface area (Å²) < 4.78 is 37.2. The van der Waals surface area contributed by atoms with Crippen LogP contribution in [0.25, 0.3) is 0 Å². The molecule has 0 aromatic rings. The molecule has 18 heteroatoms. The Bertz CT molecular complexity index is 1680. The molecule has 382 valence electrons. The van der Waals surface area contributed by atoms with Crippen molar-refractivity contribution in [2.24, 2.45) is 45.3 Å². The summed E-state index contributed by atoms with van der Waals surface area (Å²) in [6.07, 6.45) is -15.4. The molecule has 0 bridgehead atoms. The maximum atomic E-state index is 12.7. The van der Waals surface area contributed by atoms with Crippen molar-refractivity contribution in [1.29, 1.82) is 0 Å². The molecular weight excluding hydrogens is 865 g/mol. The maximum absolute atomic E-state index is 12.7. The van der Waals surface area contributed by atoms with Gasteiger partial charge in [0.25, 0.3) is 0 Å². The van der Waals surface area contributed by atoms with Gasteiger partial charge in [0.05, 0.1) is 37.6 Å². The van der Waals surface area contributed by atoms with Crippen molar-refractivity contribution in [2.45, 2.75) is 223 Å². The van der Waals surface area contributed by atoms with Gasteiger partial charge >= 0.3 is 0 Å². The van der Waals surface area contributed by atoms with Crippen LogP contribution in [-0.4, -0.2) is 191 Å². The third-order valence-corrected chi connectivity index (χ3v) is 18.8. The number of aliphatic hydroxyl groups is 12. The zero-order valence-electron chi connectivity index (χ0n) is 40.0. The Labute approximate surface area is 388 Å². The SMILES string of the molecule is CC(C)=CCC[C@@](C)(O[C@H]1O[C@@H](CO)[C@H](O)[C@@H](O)[C@@H]1O)[C@@H]1CC[C@@]2(C)[C@H]1[C@@H](O)C[C@H]1[C@]3(C)CC[C@@H](O[C@@H]4O[C@H](CO)[C@@H](O)[C@H](O)[C@H]4O[C@@H]4O[C@H](CO)[C@@H](O)[C@H](O)[C@H]4O)C(C)(C)[C@H]3CC[C@@]12C. The average Bonchev–Trinajstić information content (AvgIpc) is 3.65. The summed E-state index contributed by atoms with van der Waals surface area (Å²) in [6, 6.07) is 0. The lowest BCUT2D eigenvalue weighted by Crippen LogP contribution is -2.68. The van der Waals surface area contributed by atoms with Crippen molar-refractivity contribution in [3.8, 4) is 0 Å². The average molecular weight is 947 g/mol. The van der Waals surface area contributed by atoms with Crippen molar-refractivity contribution in [3.63, 3.8) is 0 Å². The van der Waals surface area contributed by atoms with Gasteiger partial charge in [0, 0.05) is 0 Å². The van der Waals surface area contributed by atoms with Crippen molar-refractivity contribution < 1.29 is 89.7 Å². The molecule has 0 unspecified atom stereocenters. The molecular formula is C48H82O18. The molecule has 7 fully saturated rings. The van der Waals surface area contributed by atoms with Crippen LogP contribution in [0.2, 0.25) is 0 Å². The molecule has 0 spiro atoms. The van der Waals surface area contributed by atoms with Gasteiger partial charge in [-0.15, -0.1) is 0 Å². The van der Waals surface area contributed by atoms with E-state index in [4.69, 9.17) is 28.4 Å². The van der Waals surface area contributed by atoms with E-state index in [2.05, 4.69) is 40.7 Å². The predicted octanol–water partition coefficient (Wildman–Crippen LogP) is -0.0268. The smallest absolute Gasteiger partial charge is 0.187 e. The molecule has 12 N–H and O–H groups in total. The summed E-state index contributed by atoms with van der Waals surface area (Å²) in [7, 11) is 0.